The fourth-order valence-corrected chi connectivity index (χ4v) is 1.63. The van der Waals surface area contributed by atoms with Crippen LogP contribution in [0.5, 0.6) is 0 Å². The van der Waals surface area contributed by atoms with Gasteiger partial charge in [0.15, 0.2) is 10.9 Å². The van der Waals surface area contributed by atoms with E-state index in [2.05, 4.69) is 20.3 Å². The zero-order valence-corrected chi connectivity index (χ0v) is 8.38. The van der Waals surface area contributed by atoms with Crippen molar-refractivity contribution in [1.29, 1.82) is 0 Å². The van der Waals surface area contributed by atoms with Gasteiger partial charge in [0.2, 0.25) is 0 Å². The first kappa shape index (κ1) is 8.89. The van der Waals surface area contributed by atoms with E-state index in [-0.39, 0.29) is 0 Å². The Bertz CT molecular complexity index is 439. The van der Waals surface area contributed by atoms with Crippen LogP contribution in [0, 0.1) is 6.92 Å². The summed E-state index contributed by atoms with van der Waals surface area (Å²) in [5, 5.41) is 3.81. The molecular weight excluding hydrogens is 198 g/mol. The van der Waals surface area contributed by atoms with Crippen LogP contribution in [0.4, 0.5) is 16.8 Å². The molecule has 14 heavy (non-hydrogen) atoms. The van der Waals surface area contributed by atoms with Crippen LogP contribution < -0.4 is 11.1 Å². The lowest BCUT2D eigenvalue weighted by molar-refractivity contribution is 1.20. The number of thiazole rings is 1. The van der Waals surface area contributed by atoms with Gasteiger partial charge in [0, 0.05) is 11.1 Å². The summed E-state index contributed by atoms with van der Waals surface area (Å²) in [6.07, 6.45) is 4.90. The van der Waals surface area contributed by atoms with Crippen LogP contribution in [0.3, 0.4) is 0 Å². The molecule has 0 bridgehead atoms. The van der Waals surface area contributed by atoms with E-state index in [4.69, 9.17) is 5.73 Å². The first-order valence-electron chi connectivity index (χ1n) is 4.01. The summed E-state index contributed by atoms with van der Waals surface area (Å²) >= 11 is 1.56. The Morgan fingerprint density at radius 2 is 2.21 bits per heavy atom. The van der Waals surface area contributed by atoms with Gasteiger partial charge in [-0.1, -0.05) is 0 Å². The van der Waals surface area contributed by atoms with Crippen LogP contribution in [0.2, 0.25) is 0 Å². The Kier molecular flexibility index (Phi) is 2.28. The summed E-state index contributed by atoms with van der Waals surface area (Å²) in [6.45, 7) is 1.99. The summed E-state index contributed by atoms with van der Waals surface area (Å²) in [5.74, 6) is 1.00. The SMILES string of the molecule is Cc1cnc(Nc2cncc(N)n2)s1. The third-order valence-electron chi connectivity index (χ3n) is 1.51. The van der Waals surface area contributed by atoms with E-state index in [1.54, 1.807) is 23.7 Å². The molecule has 0 unspecified atom stereocenters. The number of aromatic nitrogens is 3. The molecule has 0 amide bonds. The first-order valence-corrected chi connectivity index (χ1v) is 4.82. The first-order chi connectivity index (χ1) is 6.74. The predicted octanol–water partition coefficient (Wildman–Crippen LogP) is 1.57. The van der Waals surface area contributed by atoms with Crippen LogP contribution in [0.1, 0.15) is 4.88 Å². The molecule has 5 nitrogen and oxygen atoms in total. The minimum Gasteiger partial charge on any atom is -0.382 e. The molecule has 3 N–H and O–H groups in total. The van der Waals surface area contributed by atoms with Gasteiger partial charge in [0.1, 0.15) is 5.82 Å². The Morgan fingerprint density at radius 3 is 2.86 bits per heavy atom. The zero-order valence-electron chi connectivity index (χ0n) is 7.56. The molecular formula is C8H9N5S. The number of nitrogens with two attached hydrogens (primary N) is 1. The maximum Gasteiger partial charge on any atom is 0.188 e. The van der Waals surface area contributed by atoms with Crippen LogP contribution in [0.15, 0.2) is 18.6 Å². The monoisotopic (exact) mass is 207 g/mol. The number of anilines is 3. The molecule has 2 aromatic heterocycles. The molecule has 0 aliphatic heterocycles. The second kappa shape index (κ2) is 3.59. The molecule has 2 rings (SSSR count). The van der Waals surface area contributed by atoms with E-state index in [0.717, 1.165) is 10.0 Å². The third kappa shape index (κ3) is 1.97. The molecule has 0 spiro atoms. The Balaban J connectivity index is 2.18. The molecule has 0 radical (unpaired) electrons. The molecule has 0 atom stereocenters. The Hall–Kier alpha value is -1.69. The highest BCUT2D eigenvalue weighted by molar-refractivity contribution is 7.15. The third-order valence-corrected chi connectivity index (χ3v) is 2.34. The van der Waals surface area contributed by atoms with Crippen molar-refractivity contribution in [1.82, 2.24) is 15.0 Å². The van der Waals surface area contributed by atoms with E-state index < -0.39 is 0 Å². The molecule has 2 heterocycles. The van der Waals surface area contributed by atoms with E-state index in [1.807, 2.05) is 6.92 Å². The van der Waals surface area contributed by atoms with E-state index in [0.29, 0.717) is 11.6 Å². The highest BCUT2D eigenvalue weighted by atomic mass is 32.1. The van der Waals surface area contributed by atoms with E-state index in [9.17, 15) is 0 Å². The number of nitrogens with zero attached hydrogens (tertiary/aromatic N) is 3. The Labute approximate surface area is 85.0 Å². The van der Waals surface area contributed by atoms with Crippen LogP contribution in [0.25, 0.3) is 0 Å². The van der Waals surface area contributed by atoms with Gasteiger partial charge in [-0.15, -0.1) is 11.3 Å². The summed E-state index contributed by atoms with van der Waals surface area (Å²) in [4.78, 5) is 13.2. The summed E-state index contributed by atoms with van der Waals surface area (Å²) < 4.78 is 0. The Morgan fingerprint density at radius 1 is 1.36 bits per heavy atom. The highest BCUT2D eigenvalue weighted by Gasteiger charge is 2.00. The minimum absolute atomic E-state index is 0.392. The molecule has 0 aliphatic rings. The van der Waals surface area contributed by atoms with Crippen LogP contribution in [-0.2, 0) is 0 Å². The van der Waals surface area contributed by atoms with E-state index >= 15 is 0 Å². The van der Waals surface area contributed by atoms with Crippen molar-refractivity contribution in [3.05, 3.63) is 23.5 Å². The van der Waals surface area contributed by atoms with Crippen LogP contribution >= 0.6 is 11.3 Å². The number of nitrogen functional groups attached to an aromatic ring is 1. The molecule has 0 saturated carbocycles. The summed E-state index contributed by atoms with van der Waals surface area (Å²) in [6, 6.07) is 0. The van der Waals surface area contributed by atoms with Gasteiger partial charge < -0.3 is 11.1 Å². The van der Waals surface area contributed by atoms with E-state index in [1.165, 1.54) is 6.20 Å². The fraction of sp³-hybridized carbons (Fsp3) is 0.125. The lowest BCUT2D eigenvalue weighted by atomic mass is 10.6. The van der Waals surface area contributed by atoms with Crippen molar-refractivity contribution in [3.8, 4) is 0 Å². The summed E-state index contributed by atoms with van der Waals surface area (Å²) in [5.41, 5.74) is 5.49. The van der Waals surface area contributed by atoms with Crippen LogP contribution in [-0.4, -0.2) is 15.0 Å². The lowest BCUT2D eigenvalue weighted by Gasteiger charge is -2.00. The topological polar surface area (TPSA) is 76.7 Å². The van der Waals surface area contributed by atoms with Crippen molar-refractivity contribution in [2.45, 2.75) is 6.92 Å². The molecule has 0 saturated heterocycles. The highest BCUT2D eigenvalue weighted by Crippen LogP contribution is 2.20. The summed E-state index contributed by atoms with van der Waals surface area (Å²) in [7, 11) is 0. The van der Waals surface area contributed by atoms with Gasteiger partial charge in [-0.2, -0.15) is 0 Å². The molecule has 72 valence electrons. The van der Waals surface area contributed by atoms with Gasteiger partial charge >= 0.3 is 0 Å². The average Bonchev–Trinajstić information content (AvgIpc) is 2.51. The van der Waals surface area contributed by atoms with Gasteiger partial charge in [-0.25, -0.2) is 9.97 Å². The second-order valence-corrected chi connectivity index (χ2v) is 3.97. The number of hydrogen-bond acceptors (Lipinski definition) is 6. The average molecular weight is 207 g/mol. The minimum atomic E-state index is 0.392. The van der Waals surface area contributed by atoms with Crippen molar-refractivity contribution in [2.75, 3.05) is 11.1 Å². The normalized spacial score (nSPS) is 10.1. The smallest absolute Gasteiger partial charge is 0.188 e. The van der Waals surface area contributed by atoms with Crippen molar-refractivity contribution < 1.29 is 0 Å². The number of rotatable bonds is 2. The number of hydrogen-bond donors (Lipinski definition) is 2. The van der Waals surface area contributed by atoms with Crippen molar-refractivity contribution >= 4 is 28.1 Å². The van der Waals surface area contributed by atoms with Gasteiger partial charge in [0.05, 0.1) is 12.4 Å². The van der Waals surface area contributed by atoms with Gasteiger partial charge in [-0.3, -0.25) is 4.98 Å². The lowest BCUT2D eigenvalue weighted by Crippen LogP contribution is -1.97. The van der Waals surface area contributed by atoms with Crippen molar-refractivity contribution in [2.24, 2.45) is 0 Å². The van der Waals surface area contributed by atoms with Gasteiger partial charge in [-0.05, 0) is 6.92 Å². The largest absolute Gasteiger partial charge is 0.382 e. The number of nitrogens with one attached hydrogen (secondary N) is 1. The maximum absolute atomic E-state index is 5.49. The molecule has 6 heteroatoms. The maximum atomic E-state index is 5.49. The zero-order chi connectivity index (χ0) is 9.97. The standard InChI is InChI=1S/C8H9N5S/c1-5-2-11-8(14-5)13-7-4-10-3-6(9)12-7/h2-4H,1H3,(H3,9,11,12,13). The second-order valence-electron chi connectivity index (χ2n) is 2.73. The molecule has 0 aromatic carbocycles. The molecule has 2 aromatic rings. The fourth-order valence-electron chi connectivity index (χ4n) is 0.963. The van der Waals surface area contributed by atoms with Gasteiger partial charge in [0.25, 0.3) is 0 Å². The quantitative estimate of drug-likeness (QED) is 0.781. The predicted molar refractivity (Wildman–Crippen MR) is 56.6 cm³/mol. The van der Waals surface area contributed by atoms with Crippen molar-refractivity contribution in [3.63, 3.8) is 0 Å². The molecule has 0 aliphatic carbocycles. The number of aryl methyl sites for hydroxylation is 1. The molecule has 0 fully saturated rings.